The van der Waals surface area contributed by atoms with Crippen LogP contribution in [0.3, 0.4) is 0 Å². The fourth-order valence-corrected chi connectivity index (χ4v) is 4.66. The highest BCUT2D eigenvalue weighted by atomic mass is 16.8. The minimum Gasteiger partial charge on any atom is -0.386 e. The van der Waals surface area contributed by atoms with Gasteiger partial charge in [0.05, 0.1) is 25.4 Å². The van der Waals surface area contributed by atoms with Crippen molar-refractivity contribution >= 4 is 5.84 Å². The average Bonchev–Trinajstić information content (AvgIpc) is 2.86. The van der Waals surface area contributed by atoms with Crippen LogP contribution in [0.5, 0.6) is 0 Å². The lowest BCUT2D eigenvalue weighted by atomic mass is 9.85. The van der Waals surface area contributed by atoms with Crippen molar-refractivity contribution in [2.24, 2.45) is 27.0 Å². The fraction of sp³-hybridized carbons (Fsp3) is 0.471. The van der Waals surface area contributed by atoms with E-state index in [0.29, 0.717) is 19.6 Å². The zero-order valence-electron chi connectivity index (χ0n) is 12.7. The second-order valence-electron chi connectivity index (χ2n) is 6.49. The monoisotopic (exact) mass is 308 g/mol. The number of nitrogens with zero attached hydrogens (tertiary/aromatic N) is 3. The summed E-state index contributed by atoms with van der Waals surface area (Å²) in [4.78, 5) is 4.28. The zero-order chi connectivity index (χ0) is 16.3. The Balaban J connectivity index is 1.88. The van der Waals surface area contributed by atoms with Crippen LogP contribution in [0.15, 0.2) is 35.3 Å². The van der Waals surface area contributed by atoms with Crippen LogP contribution >= 0.6 is 0 Å². The number of nitriles is 2. The van der Waals surface area contributed by atoms with E-state index in [1.807, 2.05) is 37.3 Å². The molecule has 1 saturated carbocycles. The zero-order valence-corrected chi connectivity index (χ0v) is 12.7. The third-order valence-corrected chi connectivity index (χ3v) is 5.70. The highest BCUT2D eigenvalue weighted by Gasteiger charge is 2.99. The SMILES string of the molecule is C[C@@]1(Cc2ccccc2)[C@]2(C#N)C(N)=NC3(OCCO3)[C@]12C#N. The summed E-state index contributed by atoms with van der Waals surface area (Å²) in [5, 5.41) is 19.9. The van der Waals surface area contributed by atoms with Crippen molar-refractivity contribution in [2.45, 2.75) is 19.3 Å². The Morgan fingerprint density at radius 3 is 2.39 bits per heavy atom. The van der Waals surface area contributed by atoms with Crippen LogP contribution < -0.4 is 5.73 Å². The molecule has 0 amide bonds. The molecule has 1 aromatic rings. The van der Waals surface area contributed by atoms with Gasteiger partial charge in [-0.2, -0.15) is 10.5 Å². The summed E-state index contributed by atoms with van der Waals surface area (Å²) in [5.41, 5.74) is 4.03. The molecule has 4 rings (SSSR count). The molecule has 0 radical (unpaired) electrons. The number of aliphatic imine (C=N–C) groups is 1. The maximum Gasteiger partial charge on any atom is 0.293 e. The van der Waals surface area contributed by atoms with Gasteiger partial charge in [0.25, 0.3) is 5.91 Å². The Morgan fingerprint density at radius 2 is 1.83 bits per heavy atom. The first-order valence-corrected chi connectivity index (χ1v) is 7.54. The van der Waals surface area contributed by atoms with Gasteiger partial charge < -0.3 is 15.2 Å². The van der Waals surface area contributed by atoms with Crippen LogP contribution in [0.4, 0.5) is 0 Å². The van der Waals surface area contributed by atoms with Gasteiger partial charge in [0.2, 0.25) is 0 Å². The summed E-state index contributed by atoms with van der Waals surface area (Å²) in [7, 11) is 0. The topological polar surface area (TPSA) is 104 Å². The molecular formula is C17H16N4O2. The number of ether oxygens (including phenoxy) is 2. The van der Waals surface area contributed by atoms with Crippen molar-refractivity contribution in [2.75, 3.05) is 13.2 Å². The molecule has 1 aromatic carbocycles. The lowest BCUT2D eigenvalue weighted by Gasteiger charge is -2.29. The first-order valence-electron chi connectivity index (χ1n) is 7.54. The standard InChI is InChI=1S/C17H16N4O2/c1-14(9-12-5-3-2-4-6-12)15(10-18)13(20)21-17(16(14,15)11-19)22-7-8-23-17/h2-6H,7-9H2,1H3,(H2,20,21)/t14-,15+,16-/m1/s1. The molecule has 116 valence electrons. The van der Waals surface area contributed by atoms with Crippen LogP contribution in [0.2, 0.25) is 0 Å². The molecule has 6 nitrogen and oxygen atoms in total. The van der Waals surface area contributed by atoms with Crippen LogP contribution in [0, 0.1) is 38.9 Å². The van der Waals surface area contributed by atoms with Crippen molar-refractivity contribution in [3.63, 3.8) is 0 Å². The number of fused-ring (bicyclic) bond motifs is 2. The number of benzene rings is 1. The van der Waals surface area contributed by atoms with E-state index >= 15 is 0 Å². The van der Waals surface area contributed by atoms with Crippen LogP contribution in [0.1, 0.15) is 12.5 Å². The molecule has 2 aliphatic heterocycles. The van der Waals surface area contributed by atoms with Crippen LogP contribution in [-0.4, -0.2) is 25.0 Å². The predicted octanol–water partition coefficient (Wildman–Crippen LogP) is 1.34. The largest absolute Gasteiger partial charge is 0.386 e. The Kier molecular flexibility index (Phi) is 2.54. The number of hydrogen-bond donors (Lipinski definition) is 1. The van der Waals surface area contributed by atoms with Crippen molar-refractivity contribution < 1.29 is 9.47 Å². The summed E-state index contributed by atoms with van der Waals surface area (Å²) in [5.74, 6) is -1.31. The molecule has 23 heavy (non-hydrogen) atoms. The van der Waals surface area contributed by atoms with E-state index in [-0.39, 0.29) is 5.84 Å². The van der Waals surface area contributed by atoms with Gasteiger partial charge in [-0.3, -0.25) is 0 Å². The Hall–Kier alpha value is -2.41. The molecule has 1 saturated heterocycles. The maximum atomic E-state index is 10.0. The van der Waals surface area contributed by atoms with E-state index in [9.17, 15) is 10.5 Å². The van der Waals surface area contributed by atoms with Crippen molar-refractivity contribution in [3.05, 3.63) is 35.9 Å². The molecule has 0 bridgehead atoms. The third-order valence-electron chi connectivity index (χ3n) is 5.70. The molecule has 3 aliphatic rings. The molecule has 2 heterocycles. The highest BCUT2D eigenvalue weighted by molar-refractivity contribution is 6.00. The van der Waals surface area contributed by atoms with Crippen LogP contribution in [-0.2, 0) is 15.9 Å². The molecule has 1 spiro atoms. The van der Waals surface area contributed by atoms with E-state index in [4.69, 9.17) is 15.2 Å². The maximum absolute atomic E-state index is 10.0. The summed E-state index contributed by atoms with van der Waals surface area (Å²) >= 11 is 0. The van der Waals surface area contributed by atoms with Gasteiger partial charge in [0.1, 0.15) is 11.3 Å². The minimum atomic E-state index is -1.45. The van der Waals surface area contributed by atoms with E-state index in [0.717, 1.165) is 5.56 Å². The minimum absolute atomic E-state index is 0.141. The number of amidine groups is 1. The molecule has 2 fully saturated rings. The lowest BCUT2D eigenvalue weighted by Crippen LogP contribution is -2.41. The number of nitrogens with two attached hydrogens (primary N) is 1. The first-order chi connectivity index (χ1) is 11.0. The molecule has 2 N–H and O–H groups in total. The summed E-state index contributed by atoms with van der Waals surface area (Å²) in [6, 6.07) is 14.3. The Bertz CT molecular complexity index is 787. The first kappa shape index (κ1) is 14.2. The van der Waals surface area contributed by atoms with Gasteiger partial charge in [-0.1, -0.05) is 37.3 Å². The molecular weight excluding hydrogens is 292 g/mol. The van der Waals surface area contributed by atoms with Crippen LogP contribution in [0.25, 0.3) is 0 Å². The molecule has 6 heteroatoms. The third kappa shape index (κ3) is 1.22. The average molecular weight is 308 g/mol. The van der Waals surface area contributed by atoms with Crippen molar-refractivity contribution in [3.8, 4) is 12.1 Å². The molecule has 0 aromatic heterocycles. The fourth-order valence-electron chi connectivity index (χ4n) is 4.66. The second-order valence-corrected chi connectivity index (χ2v) is 6.49. The van der Waals surface area contributed by atoms with E-state index in [2.05, 4.69) is 17.1 Å². The van der Waals surface area contributed by atoms with Gasteiger partial charge in [0, 0.05) is 5.41 Å². The lowest BCUT2D eigenvalue weighted by molar-refractivity contribution is -0.191. The Morgan fingerprint density at radius 1 is 1.17 bits per heavy atom. The summed E-state index contributed by atoms with van der Waals surface area (Å²) in [6.07, 6.45) is 0.527. The normalized spacial score (nSPS) is 39.3. The molecule has 3 atom stereocenters. The van der Waals surface area contributed by atoms with E-state index in [1.165, 1.54) is 0 Å². The van der Waals surface area contributed by atoms with Crippen molar-refractivity contribution in [1.29, 1.82) is 10.5 Å². The van der Waals surface area contributed by atoms with Gasteiger partial charge in [-0.25, -0.2) is 4.99 Å². The summed E-state index contributed by atoms with van der Waals surface area (Å²) < 4.78 is 11.4. The van der Waals surface area contributed by atoms with E-state index in [1.54, 1.807) is 0 Å². The predicted molar refractivity (Wildman–Crippen MR) is 80.6 cm³/mol. The van der Waals surface area contributed by atoms with Gasteiger partial charge in [0.15, 0.2) is 5.41 Å². The van der Waals surface area contributed by atoms with E-state index < -0.39 is 22.2 Å². The second kappa shape index (κ2) is 4.11. The Labute approximate surface area is 134 Å². The van der Waals surface area contributed by atoms with Gasteiger partial charge in [-0.05, 0) is 12.0 Å². The summed E-state index contributed by atoms with van der Waals surface area (Å²) in [6.45, 7) is 2.58. The van der Waals surface area contributed by atoms with Gasteiger partial charge >= 0.3 is 0 Å². The number of hydrogen-bond acceptors (Lipinski definition) is 6. The molecule has 0 unspecified atom stereocenters. The van der Waals surface area contributed by atoms with Gasteiger partial charge in [-0.15, -0.1) is 0 Å². The highest BCUT2D eigenvalue weighted by Crippen LogP contribution is 2.86. The number of rotatable bonds is 2. The smallest absolute Gasteiger partial charge is 0.293 e. The quantitative estimate of drug-likeness (QED) is 0.887. The molecule has 1 aliphatic carbocycles. The van der Waals surface area contributed by atoms with Crippen molar-refractivity contribution in [1.82, 2.24) is 0 Å².